The second-order valence-electron chi connectivity index (χ2n) is 7.49. The largest absolute Gasteiger partial charge is 1.00 e. The van der Waals surface area contributed by atoms with Crippen molar-refractivity contribution < 1.29 is 86.6 Å². The summed E-state index contributed by atoms with van der Waals surface area (Å²) in [6.45, 7) is 1.56. The molecule has 0 aliphatic heterocycles. The van der Waals surface area contributed by atoms with Crippen LogP contribution in [0, 0.1) is 22.9 Å². The van der Waals surface area contributed by atoms with Crippen LogP contribution in [0.5, 0.6) is 0 Å². The van der Waals surface area contributed by atoms with Gasteiger partial charge in [0.15, 0.2) is 0 Å². The van der Waals surface area contributed by atoms with E-state index >= 15 is 0 Å². The van der Waals surface area contributed by atoms with E-state index in [0.717, 1.165) is 19.4 Å². The Morgan fingerprint density at radius 3 is 1.68 bits per heavy atom. The van der Waals surface area contributed by atoms with Crippen LogP contribution in [-0.2, 0) is 43.8 Å². The Hall–Kier alpha value is -1.33. The number of hydrogen-bond donors (Lipinski definition) is 0. The maximum atomic E-state index is 12.9. The molecule has 19 heteroatoms. The number of hydrogen-bond acceptors (Lipinski definition) is 11. The van der Waals surface area contributed by atoms with Crippen LogP contribution in [0.4, 0.5) is 17.6 Å². The van der Waals surface area contributed by atoms with Crippen LogP contribution in [0.2, 0.25) is 0 Å². The topological polar surface area (TPSA) is 207 Å². The Bertz CT molecular complexity index is 1280. The molecule has 0 aromatic carbocycles. The van der Waals surface area contributed by atoms with E-state index in [1.54, 1.807) is 12.3 Å². The Labute approximate surface area is 263 Å². The van der Waals surface area contributed by atoms with Crippen molar-refractivity contribution in [3.8, 4) is 12.4 Å². The van der Waals surface area contributed by atoms with Gasteiger partial charge in [0, 0.05) is 39.7 Å². The molecule has 0 amide bonds. The fourth-order valence-corrected chi connectivity index (χ4v) is 4.19. The fraction of sp³-hybridized carbons (Fsp3) is 0.429. The Morgan fingerprint density at radius 1 is 0.975 bits per heavy atom. The molecule has 0 radical (unpaired) electrons. The van der Waals surface area contributed by atoms with E-state index in [0.29, 0.717) is 11.3 Å². The summed E-state index contributed by atoms with van der Waals surface area (Å²) in [5, 5.41) is 16.7. The van der Waals surface area contributed by atoms with Gasteiger partial charge < -0.3 is 0 Å². The number of alkyl halides is 4. The summed E-state index contributed by atoms with van der Waals surface area (Å²) >= 11 is -5.94. The van der Waals surface area contributed by atoms with Gasteiger partial charge in [-0.1, -0.05) is 30.3 Å². The zero-order chi connectivity index (χ0) is 29.8. The molecule has 0 spiro atoms. The van der Waals surface area contributed by atoms with E-state index in [2.05, 4.69) is 18.7 Å². The van der Waals surface area contributed by atoms with Gasteiger partial charge in [-0.2, -0.15) is 32.4 Å². The van der Waals surface area contributed by atoms with Gasteiger partial charge in [-0.15, -0.1) is 4.36 Å². The molecule has 0 aliphatic rings. The number of nitriles is 2. The molecule has 2 aromatic heterocycles. The van der Waals surface area contributed by atoms with Crippen molar-refractivity contribution in [3.05, 3.63) is 59.2 Å². The van der Waals surface area contributed by atoms with Gasteiger partial charge in [0.1, 0.15) is 31.5 Å². The number of halogens is 5. The third-order valence-electron chi connectivity index (χ3n) is 3.79. The van der Waals surface area contributed by atoms with Crippen LogP contribution in [0.1, 0.15) is 45.2 Å². The third kappa shape index (κ3) is 21.4. The van der Waals surface area contributed by atoms with Gasteiger partial charge in [0.2, 0.25) is 12.4 Å². The van der Waals surface area contributed by atoms with Crippen LogP contribution in [0.25, 0.3) is 0 Å². The molecule has 0 saturated heterocycles. The second-order valence-corrected chi connectivity index (χ2v) is 13.7. The number of rotatable bonds is 6. The van der Waals surface area contributed by atoms with Crippen LogP contribution in [-0.4, -0.2) is 26.7 Å². The van der Waals surface area contributed by atoms with Crippen molar-refractivity contribution in [1.29, 1.82) is 10.5 Å². The predicted molar refractivity (Wildman–Crippen MR) is 127 cm³/mol. The van der Waals surface area contributed by atoms with Gasteiger partial charge in [-0.05, 0) is 29.5 Å². The van der Waals surface area contributed by atoms with E-state index in [1.807, 2.05) is 6.26 Å². The summed E-state index contributed by atoms with van der Waals surface area (Å²) < 4.78 is 104. The molecule has 0 aliphatic carbocycles. The monoisotopic (exact) mass is 735 g/mol. The molecular formula is C21H28F4IN6NaO5S2. The zero-order valence-corrected chi connectivity index (χ0v) is 27.1. The van der Waals surface area contributed by atoms with Crippen LogP contribution in [0.15, 0.2) is 45.4 Å². The van der Waals surface area contributed by atoms with E-state index in [4.69, 9.17) is 24.3 Å². The first-order chi connectivity index (χ1) is 17.2. The molecule has 0 fully saturated rings. The molecule has 2 rings (SSSR count). The van der Waals surface area contributed by atoms with E-state index in [-0.39, 0.29) is 55.6 Å². The summed E-state index contributed by atoms with van der Waals surface area (Å²) in [5.74, 6) is -5.34. The Morgan fingerprint density at radius 2 is 1.38 bits per heavy atom. The molecular weight excluding hydrogens is 706 g/mol. The minimum absolute atomic E-state index is 0. The van der Waals surface area contributed by atoms with Crippen LogP contribution in [0.3, 0.4) is 0 Å². The van der Waals surface area contributed by atoms with E-state index in [1.165, 1.54) is 43.0 Å². The van der Waals surface area contributed by atoms with Crippen LogP contribution < -0.4 is 63.4 Å². The minimum Gasteiger partial charge on any atom is -0.286 e. The summed E-state index contributed by atoms with van der Waals surface area (Å²) in [5.41, 5.74) is 0.716. The van der Waals surface area contributed by atoms with E-state index < -0.39 is 52.4 Å². The first-order valence-electron chi connectivity index (χ1n) is 9.76. The Kier molecular flexibility index (Phi) is 20.5. The standard InChI is InChI=1S/C10H11F2N3OS.C10H11F2N3S.CH4.IO4.Na.H2/c1-10(11,12)9-4-3-8(5-14-9)6-17(2,16)15-7-13;1-10(11,12)9-4-3-8(5-14-9)6-16(2)15-7-13;;2-1(3,4)5;;/h3-5H,6H2,1-2H3;3-5H,6H2,1-2H3;1H4;;;1H/q;;;-1;+1;/i;;;;;1+1. The van der Waals surface area contributed by atoms with Crippen molar-refractivity contribution in [3.63, 3.8) is 0 Å². The van der Waals surface area contributed by atoms with Gasteiger partial charge in [-0.3, -0.25) is 23.7 Å². The average molecular weight is 736 g/mol. The SMILES string of the molecule is C.CC(F)(F)c1ccc(CS(C)(=O)=NC#N)cn1.CS(Cc1ccc(C(C)(F)F)nc1)=NC#N.[2HH].[Na+].[O-][I+3]([O-])([O-])[O-]. The predicted octanol–water partition coefficient (Wildman–Crippen LogP) is -4.99. The molecule has 2 heterocycles. The maximum Gasteiger partial charge on any atom is 1.00 e. The molecule has 2 aromatic rings. The summed E-state index contributed by atoms with van der Waals surface area (Å²) in [7, 11) is -3.06. The number of nitrogens with zero attached hydrogens (tertiary/aromatic N) is 6. The molecule has 40 heavy (non-hydrogen) atoms. The van der Waals surface area contributed by atoms with Crippen LogP contribution >= 0.6 is 0 Å². The molecule has 220 valence electrons. The maximum absolute atomic E-state index is 12.9. The molecule has 0 N–H and O–H groups in total. The minimum atomic E-state index is -5.94. The molecule has 0 bridgehead atoms. The summed E-state index contributed by atoms with van der Waals surface area (Å²) in [6.07, 6.45) is 8.97. The van der Waals surface area contributed by atoms with Crippen molar-refractivity contribution >= 4 is 20.4 Å². The van der Waals surface area contributed by atoms with E-state index in [9.17, 15) is 21.8 Å². The smallest absolute Gasteiger partial charge is 0.286 e. The molecule has 11 nitrogen and oxygen atoms in total. The van der Waals surface area contributed by atoms with Crippen molar-refractivity contribution in [1.82, 2.24) is 9.97 Å². The van der Waals surface area contributed by atoms with Gasteiger partial charge in [-0.25, -0.2) is 4.21 Å². The Balaban J connectivity index is -0.000000270. The molecule has 2 atom stereocenters. The quantitative estimate of drug-likeness (QED) is 0.120. The second kappa shape index (κ2) is 19.0. The van der Waals surface area contributed by atoms with Crippen molar-refractivity contribution in [2.75, 3.05) is 12.5 Å². The van der Waals surface area contributed by atoms with Gasteiger partial charge in [0.25, 0.3) is 11.8 Å². The third-order valence-corrected chi connectivity index (χ3v) is 6.27. The average Bonchev–Trinajstić information content (AvgIpc) is 2.72. The fourth-order valence-electron chi connectivity index (χ4n) is 2.31. The number of aromatic nitrogens is 2. The summed E-state index contributed by atoms with van der Waals surface area (Å²) in [4.78, 5) is 7.29. The number of pyridine rings is 2. The molecule has 2 unspecified atom stereocenters. The normalized spacial score (nSPS) is 13.2. The summed E-state index contributed by atoms with van der Waals surface area (Å²) in [6, 6.07) is 5.49. The van der Waals surface area contributed by atoms with Crippen molar-refractivity contribution in [2.24, 2.45) is 8.73 Å². The van der Waals surface area contributed by atoms with Crippen molar-refractivity contribution in [2.45, 2.75) is 44.6 Å². The first kappa shape index (κ1) is 43.1. The van der Waals surface area contributed by atoms with Gasteiger partial charge in [0.05, 0.1) is 15.5 Å². The van der Waals surface area contributed by atoms with Gasteiger partial charge >= 0.3 is 29.6 Å². The zero-order valence-electron chi connectivity index (χ0n) is 21.3. The molecule has 0 saturated carbocycles. The first-order valence-corrected chi connectivity index (χ1v) is 17.1.